The third-order valence-electron chi connectivity index (χ3n) is 4.21. The molecule has 2 heterocycles. The summed E-state index contributed by atoms with van der Waals surface area (Å²) >= 11 is 0. The topological polar surface area (TPSA) is 77.8 Å². The van der Waals surface area contributed by atoms with Gasteiger partial charge >= 0.3 is 0 Å². The van der Waals surface area contributed by atoms with Crippen LogP contribution in [0.1, 0.15) is 50.8 Å². The Morgan fingerprint density at radius 2 is 2.30 bits per heavy atom. The molecule has 0 amide bonds. The number of aromatic nitrogens is 3. The van der Waals surface area contributed by atoms with Crippen LogP contribution in [0.4, 0.5) is 5.69 Å². The first-order chi connectivity index (χ1) is 9.78. The molecule has 0 saturated heterocycles. The van der Waals surface area contributed by atoms with Crippen molar-refractivity contribution in [2.75, 3.05) is 5.73 Å². The van der Waals surface area contributed by atoms with Crippen LogP contribution in [0.5, 0.6) is 0 Å². The van der Waals surface area contributed by atoms with E-state index in [-0.39, 0.29) is 0 Å². The van der Waals surface area contributed by atoms with E-state index in [9.17, 15) is 0 Å². The molecule has 1 aliphatic carbocycles. The van der Waals surface area contributed by atoms with Gasteiger partial charge in [-0.3, -0.25) is 0 Å². The van der Waals surface area contributed by atoms with E-state index in [1.165, 1.54) is 19.3 Å². The van der Waals surface area contributed by atoms with Gasteiger partial charge in [-0.15, -0.1) is 0 Å². The molecular formula is C15H20N4O. The van der Waals surface area contributed by atoms with Crippen LogP contribution >= 0.6 is 0 Å². The van der Waals surface area contributed by atoms with Crippen LogP contribution in [0.15, 0.2) is 22.9 Å². The Labute approximate surface area is 118 Å². The molecule has 5 nitrogen and oxygen atoms in total. The molecule has 0 aliphatic heterocycles. The summed E-state index contributed by atoms with van der Waals surface area (Å²) in [7, 11) is 0. The summed E-state index contributed by atoms with van der Waals surface area (Å²) in [6, 6.07) is 3.59. The molecule has 5 heteroatoms. The smallest absolute Gasteiger partial charge is 0.278 e. The lowest BCUT2D eigenvalue weighted by Crippen LogP contribution is -2.14. The highest BCUT2D eigenvalue weighted by Gasteiger charge is 2.26. The molecule has 2 aromatic rings. The predicted octanol–water partition coefficient (Wildman–Crippen LogP) is 3.40. The van der Waals surface area contributed by atoms with Crippen molar-refractivity contribution in [3.8, 4) is 11.6 Å². The van der Waals surface area contributed by atoms with Crippen molar-refractivity contribution in [1.82, 2.24) is 15.1 Å². The monoisotopic (exact) mass is 272 g/mol. The average Bonchev–Trinajstić information content (AvgIpc) is 2.97. The van der Waals surface area contributed by atoms with Gasteiger partial charge in [-0.05, 0) is 30.9 Å². The molecule has 3 rings (SSSR count). The van der Waals surface area contributed by atoms with E-state index in [4.69, 9.17) is 10.3 Å². The van der Waals surface area contributed by atoms with E-state index in [0.717, 1.165) is 24.6 Å². The first-order valence-electron chi connectivity index (χ1n) is 7.32. The lowest BCUT2D eigenvalue weighted by atomic mass is 9.80. The van der Waals surface area contributed by atoms with Crippen molar-refractivity contribution in [3.63, 3.8) is 0 Å². The zero-order valence-electron chi connectivity index (χ0n) is 11.7. The highest BCUT2D eigenvalue weighted by molar-refractivity contribution is 5.65. The van der Waals surface area contributed by atoms with Gasteiger partial charge < -0.3 is 10.3 Å². The molecule has 2 atom stereocenters. The van der Waals surface area contributed by atoms with Gasteiger partial charge in [0.2, 0.25) is 0 Å². The van der Waals surface area contributed by atoms with Crippen molar-refractivity contribution in [2.45, 2.75) is 44.9 Å². The standard InChI is InChI=1S/C15H20N4O/c1-2-10-5-3-6-11(9-10)14-18-15(20-19-14)13-12(16)7-4-8-17-13/h4,7-8,10-11H,2-3,5-6,9,16H2,1H3. The van der Waals surface area contributed by atoms with Gasteiger partial charge in [-0.1, -0.05) is 31.3 Å². The normalized spacial score (nSPS) is 22.9. The largest absolute Gasteiger partial charge is 0.397 e. The molecular weight excluding hydrogens is 252 g/mol. The first kappa shape index (κ1) is 13.1. The molecule has 2 aromatic heterocycles. The highest BCUT2D eigenvalue weighted by atomic mass is 16.5. The van der Waals surface area contributed by atoms with Crippen molar-refractivity contribution in [1.29, 1.82) is 0 Å². The number of nitrogen functional groups attached to an aromatic ring is 1. The molecule has 2 unspecified atom stereocenters. The lowest BCUT2D eigenvalue weighted by Gasteiger charge is -2.26. The Bertz CT molecular complexity index is 581. The molecule has 1 aliphatic rings. The molecule has 106 valence electrons. The summed E-state index contributed by atoms with van der Waals surface area (Å²) in [5.74, 6) is 2.44. The van der Waals surface area contributed by atoms with E-state index in [2.05, 4.69) is 22.0 Å². The van der Waals surface area contributed by atoms with Gasteiger partial charge in [0.05, 0.1) is 5.69 Å². The number of hydrogen-bond acceptors (Lipinski definition) is 5. The molecule has 20 heavy (non-hydrogen) atoms. The quantitative estimate of drug-likeness (QED) is 0.926. The summed E-state index contributed by atoms with van der Waals surface area (Å²) in [4.78, 5) is 8.73. The van der Waals surface area contributed by atoms with Gasteiger partial charge in [0, 0.05) is 12.1 Å². The second-order valence-corrected chi connectivity index (χ2v) is 5.54. The second-order valence-electron chi connectivity index (χ2n) is 5.54. The Kier molecular flexibility index (Phi) is 3.67. The van der Waals surface area contributed by atoms with Gasteiger partial charge in [0.25, 0.3) is 5.89 Å². The fraction of sp³-hybridized carbons (Fsp3) is 0.533. The molecule has 2 N–H and O–H groups in total. The van der Waals surface area contributed by atoms with Crippen molar-refractivity contribution in [3.05, 3.63) is 24.2 Å². The Balaban J connectivity index is 1.82. The Hall–Kier alpha value is -1.91. The fourth-order valence-electron chi connectivity index (χ4n) is 2.99. The maximum atomic E-state index is 5.89. The first-order valence-corrected chi connectivity index (χ1v) is 7.32. The van der Waals surface area contributed by atoms with Crippen molar-refractivity contribution in [2.24, 2.45) is 5.92 Å². The molecule has 0 spiro atoms. The number of nitrogens with zero attached hydrogens (tertiary/aromatic N) is 3. The minimum atomic E-state index is 0.413. The molecule has 0 bridgehead atoms. The van der Waals surface area contributed by atoms with E-state index in [0.29, 0.717) is 23.2 Å². The molecule has 0 radical (unpaired) electrons. The van der Waals surface area contributed by atoms with E-state index in [1.54, 1.807) is 18.3 Å². The van der Waals surface area contributed by atoms with E-state index < -0.39 is 0 Å². The third-order valence-corrected chi connectivity index (χ3v) is 4.21. The SMILES string of the molecule is CCC1CCCC(c2noc(-c3ncccc3N)n2)C1. The van der Waals surface area contributed by atoms with E-state index in [1.807, 2.05) is 0 Å². The number of hydrogen-bond donors (Lipinski definition) is 1. The minimum Gasteiger partial charge on any atom is -0.397 e. The zero-order chi connectivity index (χ0) is 13.9. The summed E-state index contributed by atoms with van der Waals surface area (Å²) < 4.78 is 5.35. The Morgan fingerprint density at radius 1 is 1.40 bits per heavy atom. The van der Waals surface area contributed by atoms with Crippen LogP contribution in [0, 0.1) is 5.92 Å². The van der Waals surface area contributed by atoms with Gasteiger partial charge in [0.1, 0.15) is 0 Å². The molecule has 0 aromatic carbocycles. The van der Waals surface area contributed by atoms with Crippen LogP contribution in [-0.2, 0) is 0 Å². The van der Waals surface area contributed by atoms with Gasteiger partial charge in [-0.25, -0.2) is 4.98 Å². The van der Waals surface area contributed by atoms with Crippen LogP contribution < -0.4 is 5.73 Å². The zero-order valence-corrected chi connectivity index (χ0v) is 11.7. The van der Waals surface area contributed by atoms with Crippen molar-refractivity contribution >= 4 is 5.69 Å². The number of rotatable bonds is 3. The molecule has 1 saturated carbocycles. The van der Waals surface area contributed by atoms with Gasteiger partial charge in [-0.2, -0.15) is 4.98 Å². The van der Waals surface area contributed by atoms with Crippen LogP contribution in [-0.4, -0.2) is 15.1 Å². The summed E-state index contributed by atoms with van der Waals surface area (Å²) in [5, 5.41) is 4.14. The average molecular weight is 272 g/mol. The van der Waals surface area contributed by atoms with E-state index >= 15 is 0 Å². The number of pyridine rings is 1. The summed E-state index contributed by atoms with van der Waals surface area (Å²) in [6.07, 6.45) is 7.79. The van der Waals surface area contributed by atoms with Crippen LogP contribution in [0.3, 0.4) is 0 Å². The summed E-state index contributed by atoms with van der Waals surface area (Å²) in [6.45, 7) is 2.25. The predicted molar refractivity (Wildman–Crippen MR) is 76.9 cm³/mol. The maximum Gasteiger partial charge on any atom is 0.278 e. The van der Waals surface area contributed by atoms with Gasteiger partial charge in [0.15, 0.2) is 11.5 Å². The number of anilines is 1. The lowest BCUT2D eigenvalue weighted by molar-refractivity contribution is 0.300. The molecule has 1 fully saturated rings. The fourth-order valence-corrected chi connectivity index (χ4v) is 2.99. The summed E-state index contributed by atoms with van der Waals surface area (Å²) in [5.41, 5.74) is 7.04. The second kappa shape index (κ2) is 5.61. The maximum absolute atomic E-state index is 5.89. The third kappa shape index (κ3) is 2.53. The minimum absolute atomic E-state index is 0.413. The highest BCUT2D eigenvalue weighted by Crippen LogP contribution is 2.37. The van der Waals surface area contributed by atoms with Crippen LogP contribution in [0.2, 0.25) is 0 Å². The van der Waals surface area contributed by atoms with Crippen LogP contribution in [0.25, 0.3) is 11.6 Å². The van der Waals surface area contributed by atoms with Crippen molar-refractivity contribution < 1.29 is 4.52 Å². The number of nitrogens with two attached hydrogens (primary N) is 1. The Morgan fingerprint density at radius 3 is 3.10 bits per heavy atom.